The maximum Gasteiger partial charge on any atom is 0.343 e. The molecule has 0 aliphatic rings. The lowest BCUT2D eigenvalue weighted by molar-refractivity contribution is 0.0735. The van der Waals surface area contributed by atoms with Gasteiger partial charge in [-0.25, -0.2) is 13.6 Å². The van der Waals surface area contributed by atoms with Gasteiger partial charge in [0.05, 0.1) is 11.1 Å². The largest absolute Gasteiger partial charge is 0.423 e. The Morgan fingerprint density at radius 2 is 1.73 bits per heavy atom. The van der Waals surface area contributed by atoms with E-state index in [1.165, 1.54) is 18.2 Å². The number of carbonyl (C=O) groups excluding carboxylic acids is 1. The molecular weight excluding hydrogens is 396 g/mol. The van der Waals surface area contributed by atoms with E-state index in [9.17, 15) is 22.4 Å². The molecule has 6 heteroatoms. The van der Waals surface area contributed by atoms with Crippen molar-refractivity contribution < 1.29 is 27.1 Å². The summed E-state index contributed by atoms with van der Waals surface area (Å²) in [7, 11) is 0. The molecule has 3 aromatic rings. The van der Waals surface area contributed by atoms with Gasteiger partial charge in [0.1, 0.15) is 17.4 Å². The zero-order valence-electron chi connectivity index (χ0n) is 16.4. The Hall–Kier alpha value is -3.15. The van der Waals surface area contributed by atoms with Gasteiger partial charge in [-0.15, -0.1) is 0 Å². The van der Waals surface area contributed by atoms with Crippen LogP contribution in [0.15, 0.2) is 54.6 Å². The highest BCUT2D eigenvalue weighted by Gasteiger charge is 2.15. The molecule has 30 heavy (non-hydrogen) atoms. The van der Waals surface area contributed by atoms with Gasteiger partial charge in [-0.2, -0.15) is 8.78 Å². The molecular formula is C24H20F4O2. The van der Waals surface area contributed by atoms with Crippen LogP contribution in [0.3, 0.4) is 0 Å². The Morgan fingerprint density at radius 3 is 2.40 bits per heavy atom. The Bertz CT molecular complexity index is 1080. The molecule has 3 aromatic carbocycles. The molecule has 0 radical (unpaired) electrons. The Morgan fingerprint density at radius 1 is 1.00 bits per heavy atom. The van der Waals surface area contributed by atoms with Gasteiger partial charge < -0.3 is 4.74 Å². The topological polar surface area (TPSA) is 26.3 Å². The van der Waals surface area contributed by atoms with Gasteiger partial charge in [0.2, 0.25) is 0 Å². The minimum atomic E-state index is -2.20. The van der Waals surface area contributed by atoms with Gasteiger partial charge in [-0.1, -0.05) is 31.9 Å². The van der Waals surface area contributed by atoms with Gasteiger partial charge in [0, 0.05) is 11.5 Å². The van der Waals surface area contributed by atoms with E-state index in [0.717, 1.165) is 37.3 Å². The standard InChI is InChI=1S/C24H20F4O2/c1-2-3-4-5-15-6-8-16(9-7-15)24(29)30-18-10-11-19-17(12-18)13-21(25)20(23(19)28)14-22(26)27/h6-14H,2-5H2,1H3. The van der Waals surface area contributed by atoms with Crippen LogP contribution < -0.4 is 4.74 Å². The average molecular weight is 416 g/mol. The summed E-state index contributed by atoms with van der Waals surface area (Å²) in [6.45, 7) is 2.13. The van der Waals surface area contributed by atoms with Crippen molar-refractivity contribution in [2.45, 2.75) is 32.6 Å². The minimum absolute atomic E-state index is 0.0554. The normalized spacial score (nSPS) is 10.8. The van der Waals surface area contributed by atoms with E-state index in [2.05, 4.69) is 6.92 Å². The summed E-state index contributed by atoms with van der Waals surface area (Å²) in [4.78, 5) is 12.4. The highest BCUT2D eigenvalue weighted by Crippen LogP contribution is 2.29. The molecule has 0 aliphatic heterocycles. The summed E-state index contributed by atoms with van der Waals surface area (Å²) in [5.41, 5.74) is 0.670. The number of rotatable bonds is 7. The molecule has 0 atom stereocenters. The molecule has 0 saturated carbocycles. The number of hydrogen-bond acceptors (Lipinski definition) is 2. The van der Waals surface area contributed by atoms with Crippen LogP contribution in [0.4, 0.5) is 17.6 Å². The monoisotopic (exact) mass is 416 g/mol. The summed E-state index contributed by atoms with van der Waals surface area (Å²) in [6, 6.07) is 11.9. The van der Waals surface area contributed by atoms with Crippen molar-refractivity contribution in [2.24, 2.45) is 0 Å². The predicted molar refractivity (Wildman–Crippen MR) is 109 cm³/mol. The van der Waals surface area contributed by atoms with E-state index in [4.69, 9.17) is 4.74 Å². The third-order valence-electron chi connectivity index (χ3n) is 4.76. The number of benzene rings is 3. The number of halogens is 4. The molecule has 3 rings (SSSR count). The fraction of sp³-hybridized carbons (Fsp3) is 0.208. The van der Waals surface area contributed by atoms with Crippen LogP contribution in [0, 0.1) is 11.6 Å². The van der Waals surface area contributed by atoms with Crippen LogP contribution in [0.5, 0.6) is 5.75 Å². The SMILES string of the molecule is CCCCCc1ccc(C(=O)Oc2ccc3c(F)c(C=C(F)F)c(F)cc3c2)cc1. The number of aryl methyl sites for hydroxylation is 1. The predicted octanol–water partition coefficient (Wildman–Crippen LogP) is 7.31. The first kappa shape index (κ1) is 21.6. The second kappa shape index (κ2) is 9.57. The van der Waals surface area contributed by atoms with Crippen molar-refractivity contribution >= 4 is 22.8 Å². The lowest BCUT2D eigenvalue weighted by atomic mass is 10.0. The molecule has 0 unspecified atom stereocenters. The molecule has 0 saturated heterocycles. The molecule has 0 heterocycles. The fourth-order valence-corrected chi connectivity index (χ4v) is 3.18. The maximum atomic E-state index is 14.4. The zero-order valence-corrected chi connectivity index (χ0v) is 16.4. The molecule has 0 aromatic heterocycles. The second-order valence-corrected chi connectivity index (χ2v) is 6.95. The molecule has 0 bridgehead atoms. The molecule has 0 fully saturated rings. The highest BCUT2D eigenvalue weighted by molar-refractivity contribution is 5.92. The number of ether oxygens (including phenoxy) is 1. The van der Waals surface area contributed by atoms with Crippen molar-refractivity contribution in [3.63, 3.8) is 0 Å². The lowest BCUT2D eigenvalue weighted by Crippen LogP contribution is -2.08. The van der Waals surface area contributed by atoms with Crippen LogP contribution in [-0.4, -0.2) is 5.97 Å². The fourth-order valence-electron chi connectivity index (χ4n) is 3.18. The summed E-state index contributed by atoms with van der Waals surface area (Å²) in [5, 5.41) is 0.0399. The van der Waals surface area contributed by atoms with E-state index in [1.54, 1.807) is 12.1 Å². The van der Waals surface area contributed by atoms with Crippen LogP contribution in [-0.2, 0) is 6.42 Å². The average Bonchev–Trinajstić information content (AvgIpc) is 2.71. The van der Waals surface area contributed by atoms with E-state index < -0.39 is 29.2 Å². The van der Waals surface area contributed by atoms with Crippen molar-refractivity contribution in [1.82, 2.24) is 0 Å². The maximum absolute atomic E-state index is 14.4. The molecule has 2 nitrogen and oxygen atoms in total. The van der Waals surface area contributed by atoms with E-state index in [-0.39, 0.29) is 22.6 Å². The van der Waals surface area contributed by atoms with Crippen molar-refractivity contribution in [1.29, 1.82) is 0 Å². The van der Waals surface area contributed by atoms with Gasteiger partial charge >= 0.3 is 5.97 Å². The van der Waals surface area contributed by atoms with Crippen molar-refractivity contribution in [3.8, 4) is 5.75 Å². The van der Waals surface area contributed by atoms with Crippen molar-refractivity contribution in [3.05, 3.63) is 82.9 Å². The second-order valence-electron chi connectivity index (χ2n) is 6.95. The Balaban J connectivity index is 1.79. The molecule has 0 aliphatic carbocycles. The number of carbonyl (C=O) groups is 1. The summed E-state index contributed by atoms with van der Waals surface area (Å²) in [5.74, 6) is -2.74. The smallest absolute Gasteiger partial charge is 0.343 e. The summed E-state index contributed by atoms with van der Waals surface area (Å²) < 4.78 is 58.5. The highest BCUT2D eigenvalue weighted by atomic mass is 19.3. The molecule has 0 amide bonds. The first-order valence-corrected chi connectivity index (χ1v) is 9.64. The van der Waals surface area contributed by atoms with Gasteiger partial charge in [0.15, 0.2) is 0 Å². The lowest BCUT2D eigenvalue weighted by Gasteiger charge is -2.09. The summed E-state index contributed by atoms with van der Waals surface area (Å²) >= 11 is 0. The zero-order chi connectivity index (χ0) is 21.7. The molecule has 0 spiro atoms. The van der Waals surface area contributed by atoms with Gasteiger partial charge in [-0.05, 0) is 60.2 Å². The first-order chi connectivity index (χ1) is 14.4. The Kier molecular flexibility index (Phi) is 6.87. The van der Waals surface area contributed by atoms with Crippen LogP contribution in [0.1, 0.15) is 47.7 Å². The first-order valence-electron chi connectivity index (χ1n) is 9.64. The van der Waals surface area contributed by atoms with Crippen LogP contribution >= 0.6 is 0 Å². The van der Waals surface area contributed by atoms with E-state index in [1.807, 2.05) is 12.1 Å². The minimum Gasteiger partial charge on any atom is -0.423 e. The molecule has 156 valence electrons. The van der Waals surface area contributed by atoms with Crippen molar-refractivity contribution in [2.75, 3.05) is 0 Å². The number of esters is 1. The van der Waals surface area contributed by atoms with Crippen LogP contribution in [0.25, 0.3) is 16.8 Å². The number of hydrogen-bond donors (Lipinski definition) is 0. The third kappa shape index (κ3) is 5.06. The van der Waals surface area contributed by atoms with E-state index >= 15 is 0 Å². The van der Waals surface area contributed by atoms with E-state index in [0.29, 0.717) is 5.56 Å². The Labute approximate surface area is 171 Å². The number of unbranched alkanes of at least 4 members (excludes halogenated alkanes) is 2. The number of fused-ring (bicyclic) bond motifs is 1. The van der Waals surface area contributed by atoms with Gasteiger partial charge in [0.25, 0.3) is 6.08 Å². The quantitative estimate of drug-likeness (QED) is 0.175. The third-order valence-corrected chi connectivity index (χ3v) is 4.76. The summed E-state index contributed by atoms with van der Waals surface area (Å²) in [6.07, 6.45) is 2.25. The molecule has 0 N–H and O–H groups in total. The van der Waals surface area contributed by atoms with Crippen LogP contribution in [0.2, 0.25) is 0 Å². The van der Waals surface area contributed by atoms with Gasteiger partial charge in [-0.3, -0.25) is 0 Å².